The average molecular weight is 304 g/mol. The van der Waals surface area contributed by atoms with Crippen molar-refractivity contribution in [2.75, 3.05) is 0 Å². The summed E-state index contributed by atoms with van der Waals surface area (Å²) in [6.45, 7) is 5.61. The molecule has 0 bridgehead atoms. The van der Waals surface area contributed by atoms with E-state index in [1.54, 1.807) is 24.3 Å². The van der Waals surface area contributed by atoms with Crippen molar-refractivity contribution in [2.45, 2.75) is 58.7 Å². The van der Waals surface area contributed by atoms with Crippen LogP contribution in [0, 0.1) is 5.41 Å². The quantitative estimate of drug-likeness (QED) is 0.687. The Bertz CT molecular complexity index is 531. The maximum atomic E-state index is 12.2. The molecule has 0 amide bonds. The number of carbonyl (C=O) groups excluding carboxylic acids is 2. The SMILES string of the molecule is CC(C)(C)C(=O)c1ccc(C(=O)OC2CCC(O)CC2)cc1. The number of aliphatic hydroxyl groups is 1. The number of hydrogen-bond acceptors (Lipinski definition) is 4. The molecule has 1 N–H and O–H groups in total. The molecular formula is C18H24O4. The molecule has 22 heavy (non-hydrogen) atoms. The Labute approximate surface area is 131 Å². The van der Waals surface area contributed by atoms with E-state index in [1.165, 1.54) is 0 Å². The molecule has 0 saturated heterocycles. The van der Waals surface area contributed by atoms with Crippen molar-refractivity contribution in [3.05, 3.63) is 35.4 Å². The number of esters is 1. The van der Waals surface area contributed by atoms with E-state index in [9.17, 15) is 14.7 Å². The van der Waals surface area contributed by atoms with Crippen LogP contribution >= 0.6 is 0 Å². The fourth-order valence-corrected chi connectivity index (χ4v) is 2.57. The van der Waals surface area contributed by atoms with Gasteiger partial charge < -0.3 is 9.84 Å². The zero-order chi connectivity index (χ0) is 16.3. The van der Waals surface area contributed by atoms with E-state index >= 15 is 0 Å². The van der Waals surface area contributed by atoms with E-state index in [4.69, 9.17) is 4.74 Å². The van der Waals surface area contributed by atoms with Gasteiger partial charge in [-0.3, -0.25) is 4.79 Å². The van der Waals surface area contributed by atoms with Crippen LogP contribution in [0.25, 0.3) is 0 Å². The molecule has 4 heteroatoms. The van der Waals surface area contributed by atoms with Crippen molar-refractivity contribution in [3.63, 3.8) is 0 Å². The highest BCUT2D eigenvalue weighted by atomic mass is 16.5. The summed E-state index contributed by atoms with van der Waals surface area (Å²) in [5.41, 5.74) is 0.617. The van der Waals surface area contributed by atoms with E-state index in [1.807, 2.05) is 20.8 Å². The molecular weight excluding hydrogens is 280 g/mol. The molecule has 1 aromatic carbocycles. The van der Waals surface area contributed by atoms with Crippen molar-refractivity contribution in [1.82, 2.24) is 0 Å². The van der Waals surface area contributed by atoms with Crippen LogP contribution in [0.4, 0.5) is 0 Å². The molecule has 0 unspecified atom stereocenters. The number of hydrogen-bond donors (Lipinski definition) is 1. The lowest BCUT2D eigenvalue weighted by Crippen LogP contribution is -2.26. The monoisotopic (exact) mass is 304 g/mol. The van der Waals surface area contributed by atoms with Gasteiger partial charge in [-0.15, -0.1) is 0 Å². The average Bonchev–Trinajstić information content (AvgIpc) is 2.48. The van der Waals surface area contributed by atoms with Crippen LogP contribution in [0.5, 0.6) is 0 Å². The van der Waals surface area contributed by atoms with Crippen LogP contribution in [0.3, 0.4) is 0 Å². The van der Waals surface area contributed by atoms with Crippen LogP contribution in [0.2, 0.25) is 0 Å². The first-order valence-electron chi connectivity index (χ1n) is 7.81. The highest BCUT2D eigenvalue weighted by molar-refractivity contribution is 6.00. The number of aliphatic hydroxyl groups excluding tert-OH is 1. The van der Waals surface area contributed by atoms with Gasteiger partial charge in [0, 0.05) is 11.0 Å². The second-order valence-electron chi connectivity index (χ2n) is 6.99. The standard InChI is InChI=1S/C18H24O4/c1-18(2,3)16(20)12-4-6-13(7-5-12)17(21)22-15-10-8-14(19)9-11-15/h4-7,14-15,19H,8-11H2,1-3H3. The Morgan fingerprint density at radius 1 is 1.00 bits per heavy atom. The first-order valence-corrected chi connectivity index (χ1v) is 7.81. The first kappa shape index (κ1) is 16.7. The minimum atomic E-state index is -0.440. The van der Waals surface area contributed by atoms with Gasteiger partial charge >= 0.3 is 5.97 Å². The predicted molar refractivity (Wildman–Crippen MR) is 83.9 cm³/mol. The fourth-order valence-electron chi connectivity index (χ4n) is 2.57. The lowest BCUT2D eigenvalue weighted by molar-refractivity contribution is 0.00459. The fraction of sp³-hybridized carbons (Fsp3) is 0.556. The van der Waals surface area contributed by atoms with Gasteiger partial charge in [0.15, 0.2) is 5.78 Å². The van der Waals surface area contributed by atoms with E-state index in [0.29, 0.717) is 36.8 Å². The summed E-state index contributed by atoms with van der Waals surface area (Å²) < 4.78 is 5.46. The van der Waals surface area contributed by atoms with Crippen LogP contribution in [0.15, 0.2) is 24.3 Å². The maximum Gasteiger partial charge on any atom is 0.338 e. The van der Waals surface area contributed by atoms with Gasteiger partial charge in [0.1, 0.15) is 6.10 Å². The van der Waals surface area contributed by atoms with Crippen LogP contribution in [-0.2, 0) is 4.74 Å². The molecule has 0 aliphatic heterocycles. The molecule has 0 radical (unpaired) electrons. The molecule has 0 spiro atoms. The highest BCUT2D eigenvalue weighted by Crippen LogP contribution is 2.23. The summed E-state index contributed by atoms with van der Waals surface area (Å²) in [7, 11) is 0. The van der Waals surface area contributed by atoms with E-state index in [-0.39, 0.29) is 24.0 Å². The van der Waals surface area contributed by atoms with Gasteiger partial charge in [-0.25, -0.2) is 4.79 Å². The largest absolute Gasteiger partial charge is 0.459 e. The van der Waals surface area contributed by atoms with E-state index in [2.05, 4.69) is 0 Å². The minimum absolute atomic E-state index is 0.0497. The van der Waals surface area contributed by atoms with Crippen molar-refractivity contribution < 1.29 is 19.4 Å². The van der Waals surface area contributed by atoms with Crippen LogP contribution < -0.4 is 0 Å². The molecule has 1 aliphatic carbocycles. The Morgan fingerprint density at radius 2 is 1.50 bits per heavy atom. The van der Waals surface area contributed by atoms with Gasteiger partial charge in [-0.1, -0.05) is 32.9 Å². The molecule has 1 saturated carbocycles. The third-order valence-electron chi connectivity index (χ3n) is 3.98. The molecule has 4 nitrogen and oxygen atoms in total. The van der Waals surface area contributed by atoms with Gasteiger partial charge in [0.05, 0.1) is 11.7 Å². The van der Waals surface area contributed by atoms with Crippen molar-refractivity contribution in [2.24, 2.45) is 5.41 Å². The molecule has 1 fully saturated rings. The Kier molecular flexibility index (Phi) is 5.01. The summed E-state index contributed by atoms with van der Waals surface area (Å²) in [5, 5.41) is 9.45. The highest BCUT2D eigenvalue weighted by Gasteiger charge is 2.25. The number of benzene rings is 1. The van der Waals surface area contributed by atoms with Crippen molar-refractivity contribution >= 4 is 11.8 Å². The number of Topliss-reactive ketones (excluding diaryl/α,β-unsaturated/α-hetero) is 1. The molecule has 0 aromatic heterocycles. The van der Waals surface area contributed by atoms with Crippen molar-refractivity contribution in [3.8, 4) is 0 Å². The minimum Gasteiger partial charge on any atom is -0.459 e. The summed E-state index contributed by atoms with van der Waals surface area (Å²) in [6, 6.07) is 6.63. The van der Waals surface area contributed by atoms with Gasteiger partial charge in [-0.2, -0.15) is 0 Å². The zero-order valence-corrected chi connectivity index (χ0v) is 13.5. The summed E-state index contributed by atoms with van der Waals surface area (Å²) in [5.74, 6) is -0.315. The number of ketones is 1. The topological polar surface area (TPSA) is 63.6 Å². The second kappa shape index (κ2) is 6.61. The maximum absolute atomic E-state index is 12.2. The molecule has 120 valence electrons. The molecule has 1 aliphatic rings. The summed E-state index contributed by atoms with van der Waals surface area (Å²) in [4.78, 5) is 24.3. The van der Waals surface area contributed by atoms with E-state index in [0.717, 1.165) is 0 Å². The Balaban J connectivity index is 1.98. The number of ether oxygens (including phenoxy) is 1. The van der Waals surface area contributed by atoms with E-state index < -0.39 is 5.41 Å². The smallest absolute Gasteiger partial charge is 0.338 e. The first-order chi connectivity index (χ1) is 10.3. The van der Waals surface area contributed by atoms with Crippen LogP contribution in [0.1, 0.15) is 67.2 Å². The third-order valence-corrected chi connectivity index (χ3v) is 3.98. The normalized spacial score (nSPS) is 22.2. The lowest BCUT2D eigenvalue weighted by atomic mass is 9.86. The number of carbonyl (C=O) groups is 2. The Hall–Kier alpha value is -1.68. The summed E-state index contributed by atoms with van der Waals surface area (Å²) >= 11 is 0. The lowest BCUT2D eigenvalue weighted by Gasteiger charge is -2.25. The van der Waals surface area contributed by atoms with Crippen LogP contribution in [-0.4, -0.2) is 29.1 Å². The molecule has 0 heterocycles. The van der Waals surface area contributed by atoms with Gasteiger partial charge in [0.25, 0.3) is 0 Å². The Morgan fingerprint density at radius 3 is 2.00 bits per heavy atom. The summed E-state index contributed by atoms with van der Waals surface area (Å²) in [6.07, 6.45) is 2.37. The van der Waals surface area contributed by atoms with Crippen molar-refractivity contribution in [1.29, 1.82) is 0 Å². The zero-order valence-electron chi connectivity index (χ0n) is 13.5. The number of rotatable bonds is 3. The van der Waals surface area contributed by atoms with Gasteiger partial charge in [0.2, 0.25) is 0 Å². The predicted octanol–water partition coefficient (Wildman–Crippen LogP) is 3.38. The second-order valence-corrected chi connectivity index (χ2v) is 6.99. The molecule has 2 rings (SSSR count). The van der Waals surface area contributed by atoms with Gasteiger partial charge in [-0.05, 0) is 37.8 Å². The molecule has 1 aromatic rings. The third kappa shape index (κ3) is 4.17. The molecule has 0 atom stereocenters.